The fourth-order valence-corrected chi connectivity index (χ4v) is 1.05. The highest BCUT2D eigenvalue weighted by Crippen LogP contribution is 2.14. The molecule has 0 aromatic heterocycles. The van der Waals surface area contributed by atoms with Crippen molar-refractivity contribution in [3.63, 3.8) is 0 Å². The van der Waals surface area contributed by atoms with Crippen molar-refractivity contribution >= 4 is 17.8 Å². The Bertz CT molecular complexity index is 334. The number of aliphatic hydroxyl groups excluding tert-OH is 1. The summed E-state index contributed by atoms with van der Waals surface area (Å²) in [6.45, 7) is 3.74. The smallest absolute Gasteiger partial charge is 0.0782 e. The third-order valence-corrected chi connectivity index (χ3v) is 2.19. The molecule has 0 fully saturated rings. The van der Waals surface area contributed by atoms with E-state index < -0.39 is 5.54 Å². The van der Waals surface area contributed by atoms with Crippen LogP contribution in [0, 0.1) is 0 Å². The predicted molar refractivity (Wildman–Crippen MR) is 60.2 cm³/mol. The van der Waals surface area contributed by atoms with Crippen LogP contribution in [0.3, 0.4) is 0 Å². The van der Waals surface area contributed by atoms with Gasteiger partial charge < -0.3 is 5.11 Å². The summed E-state index contributed by atoms with van der Waals surface area (Å²) >= 11 is 5.94. The number of rotatable bonds is 3. The van der Waals surface area contributed by atoms with Crippen LogP contribution in [0.1, 0.15) is 19.4 Å². The van der Waals surface area contributed by atoms with Crippen molar-refractivity contribution < 1.29 is 5.11 Å². The molecular formula is C11H14ClNO. The van der Waals surface area contributed by atoms with E-state index in [0.29, 0.717) is 5.02 Å². The van der Waals surface area contributed by atoms with Crippen LogP contribution < -0.4 is 0 Å². The maximum atomic E-state index is 8.99. The Balaban J connectivity index is 2.84. The molecule has 0 spiro atoms. The maximum Gasteiger partial charge on any atom is 0.0782 e. The van der Waals surface area contributed by atoms with Crippen LogP contribution in [0.15, 0.2) is 29.3 Å². The first-order valence-corrected chi connectivity index (χ1v) is 4.83. The standard InChI is InChI=1S/C11H14ClNO/c1-11(2,8-14)13-7-9-5-3-4-6-10(9)12/h3-7,14H,8H2,1-2H3. The van der Waals surface area contributed by atoms with Gasteiger partial charge in [0, 0.05) is 16.8 Å². The van der Waals surface area contributed by atoms with Crippen molar-refractivity contribution in [1.29, 1.82) is 0 Å². The molecule has 3 heteroatoms. The Labute approximate surface area is 89.2 Å². The molecule has 0 radical (unpaired) electrons. The zero-order chi connectivity index (χ0) is 10.6. The van der Waals surface area contributed by atoms with Gasteiger partial charge in [0.15, 0.2) is 0 Å². The van der Waals surface area contributed by atoms with Gasteiger partial charge >= 0.3 is 0 Å². The van der Waals surface area contributed by atoms with E-state index in [4.69, 9.17) is 16.7 Å². The van der Waals surface area contributed by atoms with Gasteiger partial charge in [-0.2, -0.15) is 0 Å². The second-order valence-electron chi connectivity index (χ2n) is 3.75. The molecule has 1 N–H and O–H groups in total. The lowest BCUT2D eigenvalue weighted by atomic mass is 10.1. The molecule has 0 atom stereocenters. The summed E-state index contributed by atoms with van der Waals surface area (Å²) in [5, 5.41) is 9.67. The van der Waals surface area contributed by atoms with Gasteiger partial charge in [-0.15, -0.1) is 0 Å². The van der Waals surface area contributed by atoms with Crippen LogP contribution in [0.4, 0.5) is 0 Å². The molecule has 1 rings (SSSR count). The van der Waals surface area contributed by atoms with E-state index in [-0.39, 0.29) is 6.61 Å². The maximum absolute atomic E-state index is 8.99. The minimum Gasteiger partial charge on any atom is -0.394 e. The van der Waals surface area contributed by atoms with Gasteiger partial charge in [-0.3, -0.25) is 4.99 Å². The highest BCUT2D eigenvalue weighted by molar-refractivity contribution is 6.33. The lowest BCUT2D eigenvalue weighted by Gasteiger charge is -2.15. The fraction of sp³-hybridized carbons (Fsp3) is 0.364. The molecule has 0 aliphatic carbocycles. The van der Waals surface area contributed by atoms with Crippen molar-refractivity contribution in [2.24, 2.45) is 4.99 Å². The largest absolute Gasteiger partial charge is 0.394 e. The number of aliphatic hydroxyl groups is 1. The summed E-state index contributed by atoms with van der Waals surface area (Å²) in [5.41, 5.74) is 0.426. The summed E-state index contributed by atoms with van der Waals surface area (Å²) in [7, 11) is 0. The lowest BCUT2D eigenvalue weighted by Crippen LogP contribution is -2.21. The van der Waals surface area contributed by atoms with Crippen LogP contribution in [0.25, 0.3) is 0 Å². The number of nitrogens with zero attached hydrogens (tertiary/aromatic N) is 1. The van der Waals surface area contributed by atoms with E-state index in [9.17, 15) is 0 Å². The van der Waals surface area contributed by atoms with Crippen LogP contribution in [-0.4, -0.2) is 23.5 Å². The molecule has 1 aromatic carbocycles. The quantitative estimate of drug-likeness (QED) is 0.766. The van der Waals surface area contributed by atoms with E-state index in [1.807, 2.05) is 38.1 Å². The number of aliphatic imine (C=N–C) groups is 1. The second kappa shape index (κ2) is 4.58. The molecule has 0 saturated heterocycles. The molecule has 2 nitrogen and oxygen atoms in total. The molecule has 14 heavy (non-hydrogen) atoms. The normalized spacial score (nSPS) is 12.3. The van der Waals surface area contributed by atoms with Gasteiger partial charge in [-0.1, -0.05) is 29.8 Å². The van der Waals surface area contributed by atoms with Crippen LogP contribution >= 0.6 is 11.6 Å². The summed E-state index contributed by atoms with van der Waals surface area (Å²) in [6, 6.07) is 7.48. The predicted octanol–water partition coefficient (Wildman–Crippen LogP) is 2.53. The highest BCUT2D eigenvalue weighted by atomic mass is 35.5. The van der Waals surface area contributed by atoms with Gasteiger partial charge in [0.1, 0.15) is 0 Å². The second-order valence-corrected chi connectivity index (χ2v) is 4.16. The van der Waals surface area contributed by atoms with Crippen LogP contribution in [0.2, 0.25) is 5.02 Å². The molecule has 76 valence electrons. The minimum atomic E-state index is -0.445. The molecule has 0 amide bonds. The van der Waals surface area contributed by atoms with Gasteiger partial charge in [0.05, 0.1) is 12.1 Å². The average Bonchev–Trinajstić information content (AvgIpc) is 2.17. The summed E-state index contributed by atoms with van der Waals surface area (Å²) < 4.78 is 0. The highest BCUT2D eigenvalue weighted by Gasteiger charge is 2.12. The number of hydrogen-bond acceptors (Lipinski definition) is 2. The van der Waals surface area contributed by atoms with Crippen molar-refractivity contribution in [2.45, 2.75) is 19.4 Å². The van der Waals surface area contributed by atoms with Crippen LogP contribution in [-0.2, 0) is 0 Å². The van der Waals surface area contributed by atoms with Crippen molar-refractivity contribution in [3.05, 3.63) is 34.9 Å². The van der Waals surface area contributed by atoms with Crippen molar-refractivity contribution in [1.82, 2.24) is 0 Å². The lowest BCUT2D eigenvalue weighted by molar-refractivity contribution is 0.223. The number of benzene rings is 1. The first kappa shape index (κ1) is 11.2. The topological polar surface area (TPSA) is 32.6 Å². The van der Waals surface area contributed by atoms with Crippen molar-refractivity contribution in [2.75, 3.05) is 6.61 Å². The zero-order valence-electron chi connectivity index (χ0n) is 8.37. The van der Waals surface area contributed by atoms with E-state index >= 15 is 0 Å². The Kier molecular flexibility index (Phi) is 3.67. The minimum absolute atomic E-state index is 0.0218. The van der Waals surface area contributed by atoms with Gasteiger partial charge in [-0.25, -0.2) is 0 Å². The molecule has 0 saturated carbocycles. The fourth-order valence-electron chi connectivity index (χ4n) is 0.865. The SMILES string of the molecule is CC(C)(CO)N=Cc1ccccc1Cl. The number of hydrogen-bond donors (Lipinski definition) is 1. The summed E-state index contributed by atoms with van der Waals surface area (Å²) in [6.07, 6.45) is 1.69. The van der Waals surface area contributed by atoms with E-state index in [1.165, 1.54) is 0 Å². The molecule has 1 aromatic rings. The first-order valence-electron chi connectivity index (χ1n) is 4.46. The number of halogens is 1. The molecule has 0 aliphatic heterocycles. The van der Waals surface area contributed by atoms with Gasteiger partial charge in [0.2, 0.25) is 0 Å². The van der Waals surface area contributed by atoms with Gasteiger partial charge in [-0.05, 0) is 19.9 Å². The van der Waals surface area contributed by atoms with Crippen molar-refractivity contribution in [3.8, 4) is 0 Å². The van der Waals surface area contributed by atoms with E-state index in [1.54, 1.807) is 6.21 Å². The Morgan fingerprint density at radius 1 is 1.43 bits per heavy atom. The molecule has 0 heterocycles. The monoisotopic (exact) mass is 211 g/mol. The third-order valence-electron chi connectivity index (χ3n) is 1.85. The summed E-state index contributed by atoms with van der Waals surface area (Å²) in [4.78, 5) is 4.25. The van der Waals surface area contributed by atoms with Crippen LogP contribution in [0.5, 0.6) is 0 Å². The zero-order valence-corrected chi connectivity index (χ0v) is 9.12. The molecule has 0 unspecified atom stereocenters. The first-order chi connectivity index (χ1) is 6.55. The summed E-state index contributed by atoms with van der Waals surface area (Å²) in [5.74, 6) is 0. The average molecular weight is 212 g/mol. The molecule has 0 bridgehead atoms. The molecular weight excluding hydrogens is 198 g/mol. The Morgan fingerprint density at radius 3 is 2.64 bits per heavy atom. The third kappa shape index (κ3) is 3.13. The van der Waals surface area contributed by atoms with E-state index in [2.05, 4.69) is 4.99 Å². The Hall–Kier alpha value is -0.860. The van der Waals surface area contributed by atoms with E-state index in [0.717, 1.165) is 5.56 Å². The Morgan fingerprint density at radius 2 is 2.07 bits per heavy atom. The molecule has 0 aliphatic rings. The van der Waals surface area contributed by atoms with Gasteiger partial charge in [0.25, 0.3) is 0 Å².